The van der Waals surface area contributed by atoms with Crippen LogP contribution in [0.25, 0.3) is 5.57 Å². The van der Waals surface area contributed by atoms with Crippen LogP contribution in [0, 0.1) is 5.82 Å². The van der Waals surface area contributed by atoms with E-state index in [1.54, 1.807) is 5.41 Å². The Morgan fingerprint density at radius 2 is 1.87 bits per heavy atom. The summed E-state index contributed by atoms with van der Waals surface area (Å²) in [5.41, 5.74) is -0.121. The first-order valence-corrected chi connectivity index (χ1v) is 5.21. The minimum atomic E-state index is -4.42. The monoisotopic (exact) mass is 234 g/mol. The Bertz CT molecular complexity index is 420. The van der Waals surface area contributed by atoms with E-state index in [-0.39, 0.29) is 5.56 Å². The molecule has 2 rings (SSSR count). The van der Waals surface area contributed by atoms with E-state index in [2.05, 4.69) is 0 Å². The molecule has 1 aliphatic rings. The Morgan fingerprint density at radius 1 is 1.20 bits per heavy atom. The van der Waals surface area contributed by atoms with Gasteiger partial charge < -0.3 is 0 Å². The summed E-state index contributed by atoms with van der Waals surface area (Å²) in [6.45, 7) is 0. The van der Waals surface area contributed by atoms with Crippen LogP contribution in [0.3, 0.4) is 0 Å². The van der Waals surface area contributed by atoms with Gasteiger partial charge >= 0.3 is 6.18 Å². The minimum absolute atomic E-state index is 0.0589. The van der Waals surface area contributed by atoms with Gasteiger partial charge in [-0.05, 0) is 29.2 Å². The van der Waals surface area contributed by atoms with E-state index in [0.29, 0.717) is 11.3 Å². The number of alkyl halides is 3. The molecule has 0 aromatic heterocycles. The highest BCUT2D eigenvalue weighted by molar-refractivity contribution is 8.04. The summed E-state index contributed by atoms with van der Waals surface area (Å²) in [5, 5.41) is 1.67. The normalized spacial score (nSPS) is 15.9. The van der Waals surface area contributed by atoms with E-state index < -0.39 is 17.6 Å². The van der Waals surface area contributed by atoms with E-state index >= 15 is 0 Å². The second kappa shape index (κ2) is 3.56. The lowest BCUT2D eigenvalue weighted by molar-refractivity contribution is -0.137. The lowest BCUT2D eigenvalue weighted by atomic mass is 10.0. The predicted octanol–water partition coefficient (Wildman–Crippen LogP) is 3.93. The van der Waals surface area contributed by atoms with E-state index in [9.17, 15) is 17.6 Å². The molecule has 1 heterocycles. The molecule has 0 unspecified atom stereocenters. The Kier molecular flexibility index (Phi) is 2.50. The number of thioether (sulfide) groups is 1. The number of rotatable bonds is 1. The molecule has 5 heteroatoms. The number of benzene rings is 1. The SMILES string of the molecule is Fc1ccc(C(F)(F)F)cc1C1=CSC1. The van der Waals surface area contributed by atoms with Gasteiger partial charge in [-0.2, -0.15) is 13.2 Å². The maximum absolute atomic E-state index is 13.2. The highest BCUT2D eigenvalue weighted by Crippen LogP contribution is 2.36. The molecule has 0 radical (unpaired) electrons. The quantitative estimate of drug-likeness (QED) is 0.663. The summed E-state index contributed by atoms with van der Waals surface area (Å²) in [5.74, 6) is -0.0346. The van der Waals surface area contributed by atoms with Gasteiger partial charge in [-0.1, -0.05) is 0 Å². The molecule has 0 nitrogen and oxygen atoms in total. The lowest BCUT2D eigenvalue weighted by Gasteiger charge is -2.16. The topological polar surface area (TPSA) is 0 Å². The third-order valence-corrected chi connectivity index (χ3v) is 3.03. The first-order valence-electron chi connectivity index (χ1n) is 4.16. The predicted molar refractivity (Wildman–Crippen MR) is 51.8 cm³/mol. The van der Waals surface area contributed by atoms with Crippen LogP contribution in [0.1, 0.15) is 11.1 Å². The Morgan fingerprint density at radius 3 is 2.33 bits per heavy atom. The van der Waals surface area contributed by atoms with Crippen molar-refractivity contribution in [3.8, 4) is 0 Å². The zero-order valence-corrected chi connectivity index (χ0v) is 8.25. The molecule has 0 aliphatic carbocycles. The van der Waals surface area contributed by atoms with Gasteiger partial charge in [-0.15, -0.1) is 11.8 Å². The zero-order chi connectivity index (χ0) is 11.1. The van der Waals surface area contributed by atoms with Crippen molar-refractivity contribution >= 4 is 17.3 Å². The number of hydrogen-bond donors (Lipinski definition) is 0. The molecule has 80 valence electrons. The summed E-state index contributed by atoms with van der Waals surface area (Å²) in [7, 11) is 0. The van der Waals surface area contributed by atoms with Gasteiger partial charge in [0, 0.05) is 11.3 Å². The first kappa shape index (κ1) is 10.5. The van der Waals surface area contributed by atoms with Crippen molar-refractivity contribution in [3.05, 3.63) is 40.6 Å². The summed E-state index contributed by atoms with van der Waals surface area (Å²) in [4.78, 5) is 0. The van der Waals surface area contributed by atoms with E-state index in [1.807, 2.05) is 0 Å². The second-order valence-corrected chi connectivity index (χ2v) is 4.00. The van der Waals surface area contributed by atoms with Crippen molar-refractivity contribution < 1.29 is 17.6 Å². The third-order valence-electron chi connectivity index (χ3n) is 2.10. The van der Waals surface area contributed by atoms with Crippen molar-refractivity contribution in [2.24, 2.45) is 0 Å². The van der Waals surface area contributed by atoms with Crippen LogP contribution in [-0.2, 0) is 6.18 Å². The largest absolute Gasteiger partial charge is 0.416 e. The van der Waals surface area contributed by atoms with E-state index in [4.69, 9.17) is 0 Å². The molecule has 0 bridgehead atoms. The maximum Gasteiger partial charge on any atom is 0.416 e. The third kappa shape index (κ3) is 2.02. The maximum atomic E-state index is 13.2. The van der Waals surface area contributed by atoms with Gasteiger partial charge in [0.1, 0.15) is 5.82 Å². The van der Waals surface area contributed by atoms with Gasteiger partial charge in [-0.25, -0.2) is 4.39 Å². The van der Waals surface area contributed by atoms with Gasteiger partial charge in [0.25, 0.3) is 0 Å². The fourth-order valence-electron chi connectivity index (χ4n) is 1.26. The van der Waals surface area contributed by atoms with Crippen molar-refractivity contribution in [2.45, 2.75) is 6.18 Å². The number of hydrogen-bond acceptors (Lipinski definition) is 1. The molecule has 0 spiro atoms. The Hall–Kier alpha value is -0.970. The molecule has 0 saturated heterocycles. The van der Waals surface area contributed by atoms with Gasteiger partial charge in [0.05, 0.1) is 5.56 Å². The van der Waals surface area contributed by atoms with Crippen LogP contribution in [0.5, 0.6) is 0 Å². The fourth-order valence-corrected chi connectivity index (χ4v) is 1.87. The molecular formula is C10H6F4S. The minimum Gasteiger partial charge on any atom is -0.206 e. The summed E-state index contributed by atoms with van der Waals surface area (Å²) < 4.78 is 50.2. The highest BCUT2D eigenvalue weighted by atomic mass is 32.2. The zero-order valence-electron chi connectivity index (χ0n) is 7.44. The van der Waals surface area contributed by atoms with Crippen molar-refractivity contribution in [1.29, 1.82) is 0 Å². The molecule has 0 amide bonds. The molecular weight excluding hydrogens is 228 g/mol. The summed E-state index contributed by atoms with van der Waals surface area (Å²) in [6, 6.07) is 2.48. The highest BCUT2D eigenvalue weighted by Gasteiger charge is 2.31. The van der Waals surface area contributed by atoms with Crippen LogP contribution >= 0.6 is 11.8 Å². The van der Waals surface area contributed by atoms with Gasteiger partial charge in [0.2, 0.25) is 0 Å². The summed E-state index contributed by atoms with van der Waals surface area (Å²) >= 11 is 1.45. The smallest absolute Gasteiger partial charge is 0.206 e. The molecule has 1 aromatic rings. The Balaban J connectivity index is 2.46. The summed E-state index contributed by atoms with van der Waals surface area (Å²) in [6.07, 6.45) is -4.42. The fraction of sp³-hybridized carbons (Fsp3) is 0.200. The van der Waals surface area contributed by atoms with Crippen LogP contribution in [0.2, 0.25) is 0 Å². The van der Waals surface area contributed by atoms with Crippen LogP contribution < -0.4 is 0 Å². The molecule has 0 atom stereocenters. The average molecular weight is 234 g/mol. The standard InChI is InChI=1S/C10H6F4S/c11-9-2-1-7(10(12,13)14)3-8(9)6-4-15-5-6/h1-4H,5H2. The lowest BCUT2D eigenvalue weighted by Crippen LogP contribution is -2.07. The van der Waals surface area contributed by atoms with Crippen LogP contribution in [-0.4, -0.2) is 5.75 Å². The van der Waals surface area contributed by atoms with Crippen LogP contribution in [0.15, 0.2) is 23.6 Å². The van der Waals surface area contributed by atoms with E-state index in [0.717, 1.165) is 18.2 Å². The molecule has 0 fully saturated rings. The van der Waals surface area contributed by atoms with Crippen molar-refractivity contribution in [1.82, 2.24) is 0 Å². The van der Waals surface area contributed by atoms with Gasteiger partial charge in [0.15, 0.2) is 0 Å². The van der Waals surface area contributed by atoms with E-state index in [1.165, 1.54) is 11.8 Å². The molecule has 1 aliphatic heterocycles. The average Bonchev–Trinajstić information content (AvgIpc) is 2.03. The second-order valence-electron chi connectivity index (χ2n) is 3.15. The molecule has 0 N–H and O–H groups in total. The molecule has 1 aromatic carbocycles. The molecule has 0 saturated carbocycles. The van der Waals surface area contributed by atoms with Crippen molar-refractivity contribution in [2.75, 3.05) is 5.75 Å². The Labute approximate surface area is 88.0 Å². The number of halogens is 4. The molecule has 15 heavy (non-hydrogen) atoms. The van der Waals surface area contributed by atoms with Gasteiger partial charge in [-0.3, -0.25) is 0 Å². The van der Waals surface area contributed by atoms with Crippen molar-refractivity contribution in [3.63, 3.8) is 0 Å². The van der Waals surface area contributed by atoms with Crippen LogP contribution in [0.4, 0.5) is 17.6 Å². The first-order chi connectivity index (χ1) is 6.98.